The van der Waals surface area contributed by atoms with Crippen LogP contribution in [0.4, 0.5) is 5.00 Å². The number of hydrogen-bond acceptors (Lipinski definition) is 6. The zero-order chi connectivity index (χ0) is 29.2. The highest BCUT2D eigenvalue weighted by Gasteiger charge is 2.14. The number of para-hydroxylation sites is 1. The second kappa shape index (κ2) is 11.2. The van der Waals surface area contributed by atoms with Crippen molar-refractivity contribution in [3.05, 3.63) is 139 Å². The Balaban J connectivity index is 1.38. The second-order valence-electron chi connectivity index (χ2n) is 9.57. The van der Waals surface area contributed by atoms with Crippen molar-refractivity contribution < 1.29 is 9.66 Å². The van der Waals surface area contributed by atoms with E-state index in [4.69, 9.17) is 9.72 Å². The van der Waals surface area contributed by atoms with Crippen LogP contribution in [0.25, 0.3) is 39.5 Å². The van der Waals surface area contributed by atoms with E-state index in [2.05, 4.69) is 11.8 Å². The maximum Gasteiger partial charge on any atom is 0.324 e. The lowest BCUT2D eigenvalue weighted by atomic mass is 10.1. The predicted molar refractivity (Wildman–Crippen MR) is 168 cm³/mol. The van der Waals surface area contributed by atoms with Crippen LogP contribution >= 0.6 is 11.3 Å². The fraction of sp³-hybridized carbons (Fsp3) is 0.0588. The lowest BCUT2D eigenvalue weighted by Gasteiger charge is -2.14. The Bertz CT molecular complexity index is 2170. The Morgan fingerprint density at radius 3 is 2.40 bits per heavy atom. The summed E-state index contributed by atoms with van der Waals surface area (Å²) in [7, 11) is 1.65. The smallest absolute Gasteiger partial charge is 0.324 e. The summed E-state index contributed by atoms with van der Waals surface area (Å²) in [6, 6.07) is 28.0. The number of nitro groups is 1. The number of fused-ring (bicyclic) bond motifs is 2. The Hall–Kier alpha value is -5.52. The Morgan fingerprint density at radius 1 is 0.905 bits per heavy atom. The first kappa shape index (κ1) is 26.7. The Labute approximate surface area is 245 Å². The molecule has 0 spiro atoms. The number of aryl methyl sites for hydroxylation is 1. The van der Waals surface area contributed by atoms with E-state index in [1.54, 1.807) is 42.0 Å². The van der Waals surface area contributed by atoms with Gasteiger partial charge in [0.25, 0.3) is 5.56 Å². The van der Waals surface area contributed by atoms with Crippen molar-refractivity contribution in [3.63, 3.8) is 0 Å². The molecule has 0 aliphatic carbocycles. The standard InChI is InChI=1S/C34H23N3O4S/c1-22-19-23(7-8-24-9-11-26-21-27(41-2)13-12-25(26)20-24)10-16-31(22)36-32(17-14-28-15-18-33(42-28)37(39)40)35-30-6-4-3-5-29(30)34(36)38/h3-6,9-21H,1-2H3/b17-14+. The average Bonchev–Trinajstić information content (AvgIpc) is 3.49. The van der Waals surface area contributed by atoms with Crippen LogP contribution in [-0.4, -0.2) is 21.6 Å². The van der Waals surface area contributed by atoms with Crippen LogP contribution in [-0.2, 0) is 0 Å². The molecule has 0 unspecified atom stereocenters. The van der Waals surface area contributed by atoms with Gasteiger partial charge in [-0.1, -0.05) is 47.4 Å². The molecule has 0 aliphatic heterocycles. The third-order valence-electron chi connectivity index (χ3n) is 6.83. The van der Waals surface area contributed by atoms with Gasteiger partial charge in [-0.25, -0.2) is 4.98 Å². The molecular formula is C34H23N3O4S. The SMILES string of the molecule is COc1ccc2cc(C#Cc3ccc(-n4c(/C=C/c5ccc([N+](=O)[O-])s5)nc5ccccc5c4=O)c(C)c3)ccc2c1. The average molecular weight is 570 g/mol. The van der Waals surface area contributed by atoms with E-state index in [-0.39, 0.29) is 10.6 Å². The van der Waals surface area contributed by atoms with E-state index in [0.29, 0.717) is 27.3 Å². The molecule has 42 heavy (non-hydrogen) atoms. The van der Waals surface area contributed by atoms with Gasteiger partial charge in [0, 0.05) is 22.1 Å². The number of methoxy groups -OCH3 is 1. The van der Waals surface area contributed by atoms with Crippen LogP contribution in [0.5, 0.6) is 5.75 Å². The van der Waals surface area contributed by atoms with E-state index in [1.165, 1.54) is 6.07 Å². The van der Waals surface area contributed by atoms with E-state index < -0.39 is 4.92 Å². The van der Waals surface area contributed by atoms with Gasteiger partial charge in [0.2, 0.25) is 0 Å². The third-order valence-corrected chi connectivity index (χ3v) is 7.83. The molecule has 2 heterocycles. The molecule has 6 rings (SSSR count). The van der Waals surface area contributed by atoms with Crippen molar-refractivity contribution in [2.45, 2.75) is 6.92 Å². The van der Waals surface area contributed by atoms with Gasteiger partial charge in [-0.15, -0.1) is 0 Å². The minimum Gasteiger partial charge on any atom is -0.497 e. The number of nitrogens with zero attached hydrogens (tertiary/aromatic N) is 3. The lowest BCUT2D eigenvalue weighted by molar-refractivity contribution is -0.380. The molecular weight excluding hydrogens is 546 g/mol. The van der Waals surface area contributed by atoms with Crippen molar-refractivity contribution >= 4 is 50.2 Å². The largest absolute Gasteiger partial charge is 0.497 e. The molecule has 0 fully saturated rings. The fourth-order valence-electron chi connectivity index (χ4n) is 4.74. The summed E-state index contributed by atoms with van der Waals surface area (Å²) < 4.78 is 6.88. The van der Waals surface area contributed by atoms with Crippen LogP contribution in [0.3, 0.4) is 0 Å². The third kappa shape index (κ3) is 5.29. The fourth-order valence-corrected chi connectivity index (χ4v) is 5.46. The molecule has 0 aliphatic rings. The molecule has 0 bridgehead atoms. The maximum absolute atomic E-state index is 13.7. The number of hydrogen-bond donors (Lipinski definition) is 0. The number of aromatic nitrogens is 2. The highest BCUT2D eigenvalue weighted by atomic mass is 32.1. The molecule has 0 saturated heterocycles. The topological polar surface area (TPSA) is 87.3 Å². The van der Waals surface area contributed by atoms with Crippen molar-refractivity contribution in [2.75, 3.05) is 7.11 Å². The summed E-state index contributed by atoms with van der Waals surface area (Å²) in [6.07, 6.45) is 3.45. The van der Waals surface area contributed by atoms with Crippen molar-refractivity contribution in [3.8, 4) is 23.3 Å². The van der Waals surface area contributed by atoms with Crippen molar-refractivity contribution in [1.82, 2.24) is 9.55 Å². The van der Waals surface area contributed by atoms with Gasteiger partial charge in [0.15, 0.2) is 0 Å². The molecule has 2 aromatic heterocycles. The molecule has 0 radical (unpaired) electrons. The number of rotatable bonds is 5. The molecule has 6 aromatic rings. The molecule has 0 amide bonds. The number of ether oxygens (including phenoxy) is 1. The van der Waals surface area contributed by atoms with Gasteiger partial charge in [0.05, 0.1) is 28.6 Å². The molecule has 204 valence electrons. The molecule has 0 atom stereocenters. The summed E-state index contributed by atoms with van der Waals surface area (Å²) in [4.78, 5) is 29.8. The first-order chi connectivity index (χ1) is 20.4. The minimum atomic E-state index is -0.419. The minimum absolute atomic E-state index is 0.0509. The van der Waals surface area contributed by atoms with Crippen LogP contribution in [0.15, 0.2) is 95.8 Å². The van der Waals surface area contributed by atoms with Gasteiger partial charge < -0.3 is 4.74 Å². The monoisotopic (exact) mass is 569 g/mol. The van der Waals surface area contributed by atoms with Crippen molar-refractivity contribution in [1.29, 1.82) is 0 Å². The molecule has 0 N–H and O–H groups in total. The Morgan fingerprint density at radius 2 is 1.64 bits per heavy atom. The highest BCUT2D eigenvalue weighted by Crippen LogP contribution is 2.26. The lowest BCUT2D eigenvalue weighted by Crippen LogP contribution is -2.23. The number of benzene rings is 4. The molecule has 8 heteroatoms. The van der Waals surface area contributed by atoms with Crippen LogP contribution in [0, 0.1) is 28.9 Å². The maximum atomic E-state index is 13.7. The second-order valence-corrected chi connectivity index (χ2v) is 10.7. The van der Waals surface area contributed by atoms with Gasteiger partial charge in [-0.2, -0.15) is 0 Å². The summed E-state index contributed by atoms with van der Waals surface area (Å²) in [5, 5.41) is 13.8. The van der Waals surface area contributed by atoms with E-state index in [9.17, 15) is 14.9 Å². The first-order valence-corrected chi connectivity index (χ1v) is 13.9. The molecule has 0 saturated carbocycles. The van der Waals surface area contributed by atoms with Crippen molar-refractivity contribution in [2.24, 2.45) is 0 Å². The van der Waals surface area contributed by atoms with Gasteiger partial charge in [0.1, 0.15) is 11.6 Å². The van der Waals surface area contributed by atoms with Gasteiger partial charge in [-0.3, -0.25) is 19.5 Å². The van der Waals surface area contributed by atoms with E-state index in [1.807, 2.05) is 73.7 Å². The zero-order valence-electron chi connectivity index (χ0n) is 22.7. The van der Waals surface area contributed by atoms with Crippen LogP contribution in [0.1, 0.15) is 27.4 Å². The molecule has 7 nitrogen and oxygen atoms in total. The summed E-state index contributed by atoms with van der Waals surface area (Å²) >= 11 is 1.06. The van der Waals surface area contributed by atoms with Gasteiger partial charge in [-0.05, 0) is 96.1 Å². The quantitative estimate of drug-likeness (QED) is 0.123. The van der Waals surface area contributed by atoms with E-state index >= 15 is 0 Å². The van der Waals surface area contributed by atoms with Gasteiger partial charge >= 0.3 is 5.00 Å². The van der Waals surface area contributed by atoms with E-state index in [0.717, 1.165) is 44.5 Å². The summed E-state index contributed by atoms with van der Waals surface area (Å²) in [6.45, 7) is 1.93. The highest BCUT2D eigenvalue weighted by molar-refractivity contribution is 7.16. The predicted octanol–water partition coefficient (Wildman–Crippen LogP) is 7.40. The number of thiophene rings is 1. The normalized spacial score (nSPS) is 11.1. The molecule has 4 aromatic carbocycles. The van der Waals surface area contributed by atoms with Crippen LogP contribution in [0.2, 0.25) is 0 Å². The zero-order valence-corrected chi connectivity index (χ0v) is 23.5. The summed E-state index contributed by atoms with van der Waals surface area (Å²) in [5.41, 5.74) is 3.62. The summed E-state index contributed by atoms with van der Waals surface area (Å²) in [5.74, 6) is 7.72. The Kier molecular flexibility index (Phi) is 7.09. The van der Waals surface area contributed by atoms with Crippen LogP contribution < -0.4 is 10.3 Å². The first-order valence-electron chi connectivity index (χ1n) is 13.0.